The first-order valence-corrected chi connectivity index (χ1v) is 7.39. The summed E-state index contributed by atoms with van der Waals surface area (Å²) in [6.07, 6.45) is 7.68. The van der Waals surface area contributed by atoms with Gasteiger partial charge in [-0.25, -0.2) is 0 Å². The molecule has 106 valence electrons. The third-order valence-corrected chi connectivity index (χ3v) is 2.99. The molecule has 19 heavy (non-hydrogen) atoms. The summed E-state index contributed by atoms with van der Waals surface area (Å²) in [6, 6.07) is 1.94. The number of nitrogens with zero attached hydrogens (tertiary/aromatic N) is 4. The normalized spacial score (nSPS) is 11.9. The Kier molecular flexibility index (Phi) is 5.18. The van der Waals surface area contributed by atoms with Crippen LogP contribution in [0, 0.1) is 3.57 Å². The fourth-order valence-electron chi connectivity index (χ4n) is 1.33. The second kappa shape index (κ2) is 6.07. The van der Waals surface area contributed by atoms with E-state index < -0.39 is 0 Å². The van der Waals surface area contributed by atoms with Gasteiger partial charge in [-0.1, -0.05) is 0 Å². The first-order valence-electron chi connectivity index (χ1n) is 6.31. The molecule has 2 heterocycles. The molecule has 0 bridgehead atoms. The minimum absolute atomic E-state index is 0.115. The van der Waals surface area contributed by atoms with Crippen LogP contribution in [0.5, 0.6) is 0 Å². The molecule has 0 aliphatic rings. The zero-order valence-corrected chi connectivity index (χ0v) is 14.7. The largest absolute Gasteiger partial charge is 0.268 e. The summed E-state index contributed by atoms with van der Waals surface area (Å²) in [4.78, 5) is 0. The molecule has 0 aliphatic heterocycles. The number of hydrogen-bond acceptors (Lipinski definition) is 2. The summed E-state index contributed by atoms with van der Waals surface area (Å²) in [7, 11) is 0. The van der Waals surface area contributed by atoms with E-state index in [-0.39, 0.29) is 11.1 Å². The molecule has 0 aliphatic carbocycles. The molecule has 0 spiro atoms. The highest BCUT2D eigenvalue weighted by atomic mass is 127. The third-order valence-electron chi connectivity index (χ3n) is 2.43. The molecule has 2 aromatic rings. The predicted molar refractivity (Wildman–Crippen MR) is 87.2 cm³/mol. The first kappa shape index (κ1) is 16.2. The Morgan fingerprint density at radius 1 is 0.947 bits per heavy atom. The van der Waals surface area contributed by atoms with Crippen LogP contribution in [-0.4, -0.2) is 19.6 Å². The van der Waals surface area contributed by atoms with Crippen molar-refractivity contribution in [1.82, 2.24) is 19.6 Å². The van der Waals surface area contributed by atoms with E-state index in [1.165, 1.54) is 3.57 Å². The van der Waals surface area contributed by atoms with Crippen molar-refractivity contribution in [3.05, 3.63) is 34.4 Å². The summed E-state index contributed by atoms with van der Waals surface area (Å²) in [5.74, 6) is 0. The zero-order chi connectivity index (χ0) is 14.7. The van der Waals surface area contributed by atoms with Gasteiger partial charge >= 0.3 is 0 Å². The fraction of sp³-hybridized carbons (Fsp3) is 0.571. The van der Waals surface area contributed by atoms with Gasteiger partial charge < -0.3 is 0 Å². The van der Waals surface area contributed by atoms with E-state index in [1.54, 1.807) is 6.20 Å². The van der Waals surface area contributed by atoms with Gasteiger partial charge in [-0.05, 0) is 70.2 Å². The van der Waals surface area contributed by atoms with E-state index in [0.717, 1.165) is 0 Å². The summed E-state index contributed by atoms with van der Waals surface area (Å²) < 4.78 is 5.09. The van der Waals surface area contributed by atoms with Crippen molar-refractivity contribution in [3.63, 3.8) is 0 Å². The molecule has 0 saturated heterocycles. The van der Waals surface area contributed by atoms with Crippen LogP contribution in [0.4, 0.5) is 0 Å². The molecule has 0 radical (unpaired) electrons. The van der Waals surface area contributed by atoms with Gasteiger partial charge in [-0.15, -0.1) is 0 Å². The topological polar surface area (TPSA) is 35.6 Å². The quantitative estimate of drug-likeness (QED) is 0.656. The van der Waals surface area contributed by atoms with Gasteiger partial charge in [-0.2, -0.15) is 10.2 Å². The van der Waals surface area contributed by atoms with Crippen LogP contribution in [0.25, 0.3) is 0 Å². The molecular weight excluding hydrogens is 351 g/mol. The van der Waals surface area contributed by atoms with Crippen LogP contribution < -0.4 is 0 Å². The Hall–Kier alpha value is -0.850. The average molecular weight is 374 g/mol. The second-order valence-electron chi connectivity index (χ2n) is 6.40. The van der Waals surface area contributed by atoms with Gasteiger partial charge in [0.15, 0.2) is 0 Å². The van der Waals surface area contributed by atoms with Gasteiger partial charge in [0.05, 0.1) is 20.8 Å². The Morgan fingerprint density at radius 3 is 1.74 bits per heavy atom. The molecule has 0 fully saturated rings. The minimum Gasteiger partial charge on any atom is -0.268 e. The lowest BCUT2D eigenvalue weighted by Crippen LogP contribution is -2.21. The zero-order valence-electron chi connectivity index (χ0n) is 12.6. The third kappa shape index (κ3) is 5.34. The molecule has 0 atom stereocenters. The lowest BCUT2D eigenvalue weighted by molar-refractivity contribution is 0.355. The Bertz CT molecular complexity index is 486. The molecule has 0 saturated carbocycles. The molecular formula is C14H23IN4. The van der Waals surface area contributed by atoms with Crippen molar-refractivity contribution in [1.29, 1.82) is 0 Å². The van der Waals surface area contributed by atoms with Crippen molar-refractivity contribution in [2.45, 2.75) is 52.6 Å². The van der Waals surface area contributed by atoms with E-state index in [1.807, 2.05) is 34.0 Å². The average Bonchev–Trinajstić information content (AvgIpc) is 2.84. The molecule has 0 unspecified atom stereocenters. The van der Waals surface area contributed by atoms with Crippen LogP contribution in [-0.2, 0) is 11.1 Å². The van der Waals surface area contributed by atoms with Crippen LogP contribution in [0.1, 0.15) is 41.5 Å². The summed E-state index contributed by atoms with van der Waals surface area (Å²) >= 11 is 2.26. The maximum absolute atomic E-state index is 4.20. The SMILES string of the molecule is CC(C)(C)n1cc(I)cn1.CC(C)(C)n1cccn1. The molecule has 5 heteroatoms. The molecule has 2 rings (SSSR count). The monoisotopic (exact) mass is 374 g/mol. The first-order chi connectivity index (χ1) is 8.60. The van der Waals surface area contributed by atoms with E-state index in [2.05, 4.69) is 74.3 Å². The number of halogens is 1. The predicted octanol–water partition coefficient (Wildman–Crippen LogP) is 3.88. The van der Waals surface area contributed by atoms with E-state index >= 15 is 0 Å². The van der Waals surface area contributed by atoms with E-state index in [0.29, 0.717) is 0 Å². The number of hydrogen-bond donors (Lipinski definition) is 0. The highest BCUT2D eigenvalue weighted by Crippen LogP contribution is 2.13. The molecule has 0 amide bonds. The molecule has 2 aromatic heterocycles. The fourth-order valence-corrected chi connectivity index (χ4v) is 1.72. The lowest BCUT2D eigenvalue weighted by Gasteiger charge is -2.18. The van der Waals surface area contributed by atoms with Crippen molar-refractivity contribution < 1.29 is 0 Å². The Balaban J connectivity index is 0.000000191. The van der Waals surface area contributed by atoms with Gasteiger partial charge in [0, 0.05) is 18.6 Å². The molecule has 0 N–H and O–H groups in total. The standard InChI is InChI=1S/C7H11IN2.C7H12N2/c1-7(2,3)10-5-6(8)4-9-10;1-7(2,3)9-6-4-5-8-9/h4-5H,1-3H3;4-6H,1-3H3. The number of rotatable bonds is 0. The van der Waals surface area contributed by atoms with Crippen LogP contribution >= 0.6 is 22.6 Å². The van der Waals surface area contributed by atoms with Gasteiger partial charge in [0.2, 0.25) is 0 Å². The maximum Gasteiger partial charge on any atom is 0.0623 e. The van der Waals surface area contributed by atoms with Crippen LogP contribution in [0.3, 0.4) is 0 Å². The van der Waals surface area contributed by atoms with Gasteiger partial charge in [0.25, 0.3) is 0 Å². The molecule has 0 aromatic carbocycles. The Morgan fingerprint density at radius 2 is 1.53 bits per heavy atom. The van der Waals surface area contributed by atoms with Crippen LogP contribution in [0.2, 0.25) is 0 Å². The smallest absolute Gasteiger partial charge is 0.0623 e. The summed E-state index contributed by atoms with van der Waals surface area (Å²) in [5.41, 5.74) is 0.243. The molecule has 4 nitrogen and oxygen atoms in total. The highest BCUT2D eigenvalue weighted by molar-refractivity contribution is 14.1. The van der Waals surface area contributed by atoms with Crippen molar-refractivity contribution >= 4 is 22.6 Å². The Labute approximate surface area is 129 Å². The summed E-state index contributed by atoms with van der Waals surface area (Å²) in [6.45, 7) is 12.8. The van der Waals surface area contributed by atoms with E-state index in [4.69, 9.17) is 0 Å². The summed E-state index contributed by atoms with van der Waals surface area (Å²) in [5, 5.41) is 8.30. The lowest BCUT2D eigenvalue weighted by atomic mass is 10.1. The van der Waals surface area contributed by atoms with Crippen molar-refractivity contribution in [2.75, 3.05) is 0 Å². The number of aromatic nitrogens is 4. The van der Waals surface area contributed by atoms with Gasteiger partial charge in [-0.3, -0.25) is 9.36 Å². The highest BCUT2D eigenvalue weighted by Gasteiger charge is 2.12. The van der Waals surface area contributed by atoms with Gasteiger partial charge in [0.1, 0.15) is 0 Å². The minimum atomic E-state index is 0.115. The van der Waals surface area contributed by atoms with Crippen LogP contribution in [0.15, 0.2) is 30.9 Å². The second-order valence-corrected chi connectivity index (χ2v) is 7.64. The van der Waals surface area contributed by atoms with Crippen molar-refractivity contribution in [3.8, 4) is 0 Å². The van der Waals surface area contributed by atoms with E-state index in [9.17, 15) is 0 Å². The maximum atomic E-state index is 4.20. The van der Waals surface area contributed by atoms with Crippen molar-refractivity contribution in [2.24, 2.45) is 0 Å².